The summed E-state index contributed by atoms with van der Waals surface area (Å²) in [5.74, 6) is -0.796. The Hall–Kier alpha value is -2.83. The number of hydrogen-bond acceptors (Lipinski definition) is 2. The van der Waals surface area contributed by atoms with Crippen molar-refractivity contribution in [2.45, 2.75) is 13.1 Å². The van der Waals surface area contributed by atoms with Gasteiger partial charge in [0.2, 0.25) is 5.91 Å². The normalized spacial score (nSPS) is 11.0. The molecule has 0 saturated heterocycles. The molecule has 0 aliphatic heterocycles. The number of anilines is 2. The van der Waals surface area contributed by atoms with Crippen molar-refractivity contribution in [3.63, 3.8) is 0 Å². The maximum absolute atomic E-state index is 12.5. The van der Waals surface area contributed by atoms with Gasteiger partial charge in [0.25, 0.3) is 5.91 Å². The highest BCUT2D eigenvalue weighted by Gasteiger charge is 2.30. The Balaban J connectivity index is 2.11. The maximum Gasteiger partial charge on any atom is 0.416 e. The number of benzene rings is 2. The van der Waals surface area contributed by atoms with Crippen LogP contribution in [0.4, 0.5) is 24.5 Å². The van der Waals surface area contributed by atoms with Crippen LogP contribution in [0.15, 0.2) is 48.5 Å². The SMILES string of the molecule is CC(=O)Nc1cccc(NC(=O)c2ccc(C(F)(F)F)cc2)c1. The van der Waals surface area contributed by atoms with Crippen molar-refractivity contribution < 1.29 is 22.8 Å². The van der Waals surface area contributed by atoms with Gasteiger partial charge >= 0.3 is 6.18 Å². The molecule has 0 bridgehead atoms. The first-order chi connectivity index (χ1) is 10.8. The third kappa shape index (κ3) is 4.57. The van der Waals surface area contributed by atoms with Crippen LogP contribution < -0.4 is 10.6 Å². The van der Waals surface area contributed by atoms with E-state index in [2.05, 4.69) is 10.6 Å². The molecule has 0 spiro atoms. The highest BCUT2D eigenvalue weighted by atomic mass is 19.4. The second-order valence-corrected chi connectivity index (χ2v) is 4.79. The van der Waals surface area contributed by atoms with Crippen LogP contribution in [0.2, 0.25) is 0 Å². The Kier molecular flexibility index (Phi) is 4.68. The highest BCUT2D eigenvalue weighted by molar-refractivity contribution is 6.04. The van der Waals surface area contributed by atoms with E-state index in [9.17, 15) is 22.8 Å². The quantitative estimate of drug-likeness (QED) is 0.900. The van der Waals surface area contributed by atoms with Crippen molar-refractivity contribution in [1.29, 1.82) is 0 Å². The molecule has 2 amide bonds. The minimum atomic E-state index is -4.44. The summed E-state index contributed by atoms with van der Waals surface area (Å²) in [5, 5.41) is 5.13. The van der Waals surface area contributed by atoms with Gasteiger partial charge in [-0.3, -0.25) is 9.59 Å². The summed E-state index contributed by atoms with van der Waals surface area (Å²) in [7, 11) is 0. The second-order valence-electron chi connectivity index (χ2n) is 4.79. The molecule has 2 N–H and O–H groups in total. The molecule has 0 aliphatic rings. The molecule has 0 atom stereocenters. The molecule has 0 heterocycles. The van der Waals surface area contributed by atoms with Crippen molar-refractivity contribution in [3.05, 3.63) is 59.7 Å². The first-order valence-electron chi connectivity index (χ1n) is 6.62. The zero-order chi connectivity index (χ0) is 17.0. The average Bonchev–Trinajstić information content (AvgIpc) is 2.46. The first-order valence-corrected chi connectivity index (χ1v) is 6.62. The summed E-state index contributed by atoms with van der Waals surface area (Å²) in [6, 6.07) is 10.3. The van der Waals surface area contributed by atoms with Crippen LogP contribution in [0.1, 0.15) is 22.8 Å². The number of alkyl halides is 3. The smallest absolute Gasteiger partial charge is 0.326 e. The van der Waals surface area contributed by atoms with Crippen LogP contribution in [0.25, 0.3) is 0 Å². The Morgan fingerprint density at radius 1 is 0.913 bits per heavy atom. The molecule has 7 heteroatoms. The predicted octanol–water partition coefficient (Wildman–Crippen LogP) is 3.92. The lowest BCUT2D eigenvalue weighted by atomic mass is 10.1. The summed E-state index contributed by atoms with van der Waals surface area (Å²) in [4.78, 5) is 23.0. The number of amides is 2. The maximum atomic E-state index is 12.5. The monoisotopic (exact) mass is 322 g/mol. The van der Waals surface area contributed by atoms with Gasteiger partial charge in [-0.05, 0) is 42.5 Å². The molecule has 2 rings (SSSR count). The molecule has 0 fully saturated rings. The Bertz CT molecular complexity index is 725. The number of carbonyl (C=O) groups excluding carboxylic acids is 2. The van der Waals surface area contributed by atoms with Gasteiger partial charge in [-0.15, -0.1) is 0 Å². The number of halogens is 3. The van der Waals surface area contributed by atoms with Gasteiger partial charge in [-0.25, -0.2) is 0 Å². The number of carbonyl (C=O) groups is 2. The lowest BCUT2D eigenvalue weighted by molar-refractivity contribution is -0.137. The summed E-state index contributed by atoms with van der Waals surface area (Å²) in [6.07, 6.45) is -4.44. The molecule has 2 aromatic rings. The predicted molar refractivity (Wildman–Crippen MR) is 80.1 cm³/mol. The van der Waals surface area contributed by atoms with E-state index in [1.807, 2.05) is 0 Å². The Labute approximate surface area is 130 Å². The topological polar surface area (TPSA) is 58.2 Å². The summed E-state index contributed by atoms with van der Waals surface area (Å²) < 4.78 is 37.4. The number of hydrogen-bond donors (Lipinski definition) is 2. The molecule has 0 aromatic heterocycles. The lowest BCUT2D eigenvalue weighted by Gasteiger charge is -2.09. The Morgan fingerprint density at radius 2 is 1.48 bits per heavy atom. The zero-order valence-electron chi connectivity index (χ0n) is 12.1. The highest BCUT2D eigenvalue weighted by Crippen LogP contribution is 2.29. The van der Waals surface area contributed by atoms with E-state index < -0.39 is 17.6 Å². The van der Waals surface area contributed by atoms with Gasteiger partial charge in [0.1, 0.15) is 0 Å². The lowest BCUT2D eigenvalue weighted by Crippen LogP contribution is -2.13. The molecule has 0 saturated carbocycles. The second kappa shape index (κ2) is 6.51. The van der Waals surface area contributed by atoms with Gasteiger partial charge in [0.15, 0.2) is 0 Å². The van der Waals surface area contributed by atoms with Crippen LogP contribution in [0, 0.1) is 0 Å². The third-order valence-electron chi connectivity index (χ3n) is 2.92. The Morgan fingerprint density at radius 3 is 2.00 bits per heavy atom. The summed E-state index contributed by atoms with van der Waals surface area (Å²) >= 11 is 0. The van der Waals surface area contributed by atoms with Crippen molar-refractivity contribution in [2.75, 3.05) is 10.6 Å². The largest absolute Gasteiger partial charge is 0.416 e. The van der Waals surface area contributed by atoms with Crippen LogP contribution in [-0.2, 0) is 11.0 Å². The van der Waals surface area contributed by atoms with Crippen LogP contribution in [-0.4, -0.2) is 11.8 Å². The van der Waals surface area contributed by atoms with Gasteiger partial charge < -0.3 is 10.6 Å². The molecule has 0 radical (unpaired) electrons. The molecule has 0 unspecified atom stereocenters. The minimum absolute atomic E-state index is 0.0999. The average molecular weight is 322 g/mol. The molecular weight excluding hydrogens is 309 g/mol. The van der Waals surface area contributed by atoms with Crippen molar-refractivity contribution in [3.8, 4) is 0 Å². The summed E-state index contributed by atoms with van der Waals surface area (Å²) in [6.45, 7) is 1.35. The minimum Gasteiger partial charge on any atom is -0.326 e. The first kappa shape index (κ1) is 16.5. The van der Waals surface area contributed by atoms with E-state index in [-0.39, 0.29) is 11.5 Å². The van der Waals surface area contributed by atoms with E-state index in [0.29, 0.717) is 11.4 Å². The zero-order valence-corrected chi connectivity index (χ0v) is 12.1. The van der Waals surface area contributed by atoms with Crippen LogP contribution >= 0.6 is 0 Å². The van der Waals surface area contributed by atoms with Gasteiger partial charge in [0, 0.05) is 23.9 Å². The van der Waals surface area contributed by atoms with Gasteiger partial charge in [-0.2, -0.15) is 13.2 Å². The van der Waals surface area contributed by atoms with E-state index in [1.165, 1.54) is 6.92 Å². The fraction of sp³-hybridized carbons (Fsp3) is 0.125. The number of nitrogens with one attached hydrogen (secondary N) is 2. The molecule has 23 heavy (non-hydrogen) atoms. The number of rotatable bonds is 3. The van der Waals surface area contributed by atoms with Gasteiger partial charge in [0.05, 0.1) is 5.56 Å². The van der Waals surface area contributed by atoms with Crippen molar-refractivity contribution >= 4 is 23.2 Å². The third-order valence-corrected chi connectivity index (χ3v) is 2.92. The van der Waals surface area contributed by atoms with E-state index >= 15 is 0 Å². The van der Waals surface area contributed by atoms with Crippen LogP contribution in [0.3, 0.4) is 0 Å². The van der Waals surface area contributed by atoms with E-state index in [4.69, 9.17) is 0 Å². The van der Waals surface area contributed by atoms with Gasteiger partial charge in [-0.1, -0.05) is 6.07 Å². The summed E-state index contributed by atoms with van der Waals surface area (Å²) in [5.41, 5.74) is 0.202. The molecule has 4 nitrogen and oxygen atoms in total. The van der Waals surface area contributed by atoms with E-state index in [0.717, 1.165) is 24.3 Å². The standard InChI is InChI=1S/C16H13F3N2O2/c1-10(22)20-13-3-2-4-14(9-13)21-15(23)11-5-7-12(8-6-11)16(17,18)19/h2-9H,1H3,(H,20,22)(H,21,23). The van der Waals surface area contributed by atoms with E-state index in [1.54, 1.807) is 24.3 Å². The van der Waals surface area contributed by atoms with Crippen molar-refractivity contribution in [1.82, 2.24) is 0 Å². The molecule has 0 aliphatic carbocycles. The fourth-order valence-corrected chi connectivity index (χ4v) is 1.89. The molecule has 2 aromatic carbocycles. The fourth-order valence-electron chi connectivity index (χ4n) is 1.89. The molecular formula is C16H13F3N2O2. The van der Waals surface area contributed by atoms with Crippen molar-refractivity contribution in [2.24, 2.45) is 0 Å². The van der Waals surface area contributed by atoms with Crippen LogP contribution in [0.5, 0.6) is 0 Å². The molecule has 120 valence electrons.